The number of alkyl halides is 3. The van der Waals surface area contributed by atoms with Gasteiger partial charge in [-0.05, 0) is 24.6 Å². The van der Waals surface area contributed by atoms with Crippen molar-refractivity contribution < 1.29 is 27.9 Å². The smallest absolute Gasteiger partial charge is 0.387 e. The number of halogens is 3. The number of hydrogen-bond donors (Lipinski definition) is 2. The average Bonchev–Trinajstić information content (AvgIpc) is 3.01. The van der Waals surface area contributed by atoms with Crippen LogP contribution in [0.5, 0.6) is 0 Å². The van der Waals surface area contributed by atoms with Gasteiger partial charge in [0.1, 0.15) is 0 Å². The highest BCUT2D eigenvalue weighted by molar-refractivity contribution is 5.92. The van der Waals surface area contributed by atoms with Gasteiger partial charge in [-0.3, -0.25) is 19.4 Å². The Morgan fingerprint density at radius 2 is 1.83 bits per heavy atom. The number of likely N-dealkylation sites (tertiary alicyclic amines) is 1. The lowest BCUT2D eigenvalue weighted by Crippen LogP contribution is -2.53. The summed E-state index contributed by atoms with van der Waals surface area (Å²) < 4.78 is 38.4. The van der Waals surface area contributed by atoms with Crippen molar-refractivity contribution in [3.63, 3.8) is 0 Å². The molecule has 1 aromatic rings. The molecule has 2 N–H and O–H groups in total. The van der Waals surface area contributed by atoms with Crippen molar-refractivity contribution in [1.82, 2.24) is 14.7 Å². The molecule has 1 aromatic carbocycles. The number of amides is 2. The van der Waals surface area contributed by atoms with Crippen molar-refractivity contribution in [2.75, 3.05) is 57.7 Å². The van der Waals surface area contributed by atoms with Crippen molar-refractivity contribution in [3.8, 4) is 0 Å². The highest BCUT2D eigenvalue weighted by Gasteiger charge is 2.38. The first-order chi connectivity index (χ1) is 14.0. The van der Waals surface area contributed by atoms with Crippen LogP contribution in [-0.2, 0) is 15.8 Å². The van der Waals surface area contributed by atoms with Crippen LogP contribution in [0.2, 0.25) is 0 Å². The Morgan fingerprint density at radius 3 is 2.47 bits per heavy atom. The SMILES string of the molecule is CC(=O)N1CCN(C[C@]2(O)CCN(CC(=O)Nc3cccc(C(F)(F)F)c3)C2)CC1. The van der Waals surface area contributed by atoms with Crippen LogP contribution in [0.4, 0.5) is 18.9 Å². The minimum atomic E-state index is -4.47. The third kappa shape index (κ3) is 5.93. The van der Waals surface area contributed by atoms with Gasteiger partial charge in [0.15, 0.2) is 0 Å². The molecule has 0 spiro atoms. The van der Waals surface area contributed by atoms with Crippen LogP contribution < -0.4 is 5.32 Å². The summed E-state index contributed by atoms with van der Waals surface area (Å²) >= 11 is 0. The van der Waals surface area contributed by atoms with Gasteiger partial charge in [0.2, 0.25) is 11.8 Å². The molecule has 2 saturated heterocycles. The maximum absolute atomic E-state index is 12.8. The highest BCUT2D eigenvalue weighted by Crippen LogP contribution is 2.30. The molecule has 2 fully saturated rings. The fourth-order valence-electron chi connectivity index (χ4n) is 4.02. The molecule has 0 saturated carbocycles. The molecule has 2 aliphatic rings. The molecular formula is C20H27F3N4O3. The molecule has 2 amide bonds. The normalized spacial score (nSPS) is 23.6. The Hall–Kier alpha value is -2.17. The number of β-amino-alcohol motifs (C(OH)–C–C–N with tert-alkyl or cyclic N) is 1. The summed E-state index contributed by atoms with van der Waals surface area (Å²) in [5.41, 5.74) is -1.68. The van der Waals surface area contributed by atoms with Gasteiger partial charge in [-0.25, -0.2) is 0 Å². The van der Waals surface area contributed by atoms with Crippen LogP contribution in [0, 0.1) is 0 Å². The molecule has 0 radical (unpaired) electrons. The Kier molecular flexibility index (Phi) is 6.68. The number of nitrogens with one attached hydrogen (secondary N) is 1. The number of rotatable bonds is 5. The molecule has 3 rings (SSSR count). The van der Waals surface area contributed by atoms with E-state index in [9.17, 15) is 27.9 Å². The first-order valence-electron chi connectivity index (χ1n) is 9.94. The number of nitrogens with zero attached hydrogens (tertiary/aromatic N) is 3. The van der Waals surface area contributed by atoms with Gasteiger partial charge in [-0.2, -0.15) is 13.2 Å². The van der Waals surface area contributed by atoms with E-state index in [1.54, 1.807) is 16.7 Å². The summed E-state index contributed by atoms with van der Waals surface area (Å²) in [6, 6.07) is 4.51. The monoisotopic (exact) mass is 428 g/mol. The second kappa shape index (κ2) is 8.91. The van der Waals surface area contributed by atoms with E-state index in [2.05, 4.69) is 10.2 Å². The van der Waals surface area contributed by atoms with E-state index in [0.29, 0.717) is 52.2 Å². The summed E-state index contributed by atoms with van der Waals surface area (Å²) in [4.78, 5) is 29.4. The van der Waals surface area contributed by atoms with Gasteiger partial charge in [0.25, 0.3) is 0 Å². The average molecular weight is 428 g/mol. The van der Waals surface area contributed by atoms with Gasteiger partial charge in [0.05, 0.1) is 17.7 Å². The van der Waals surface area contributed by atoms with E-state index in [-0.39, 0.29) is 18.1 Å². The Morgan fingerprint density at radius 1 is 1.13 bits per heavy atom. The first-order valence-corrected chi connectivity index (χ1v) is 9.94. The molecule has 2 heterocycles. The van der Waals surface area contributed by atoms with Crippen molar-refractivity contribution in [3.05, 3.63) is 29.8 Å². The van der Waals surface area contributed by atoms with Crippen LogP contribution >= 0.6 is 0 Å². The number of benzene rings is 1. The molecule has 1 atom stereocenters. The van der Waals surface area contributed by atoms with E-state index < -0.39 is 23.2 Å². The number of hydrogen-bond acceptors (Lipinski definition) is 5. The summed E-state index contributed by atoms with van der Waals surface area (Å²) in [7, 11) is 0. The zero-order valence-electron chi connectivity index (χ0n) is 16.9. The standard InChI is InChI=1S/C20H27F3N4O3/c1-15(28)27-9-7-25(8-10-27)13-19(30)5-6-26(14-19)12-18(29)24-17-4-2-3-16(11-17)20(21,22)23/h2-4,11,30H,5-10,12-14H2,1H3,(H,24,29)/t19-/m1/s1. The Balaban J connectivity index is 1.47. The summed E-state index contributed by atoms with van der Waals surface area (Å²) in [5.74, 6) is -0.374. The predicted molar refractivity (Wildman–Crippen MR) is 105 cm³/mol. The highest BCUT2D eigenvalue weighted by atomic mass is 19.4. The van der Waals surface area contributed by atoms with Crippen molar-refractivity contribution in [2.45, 2.75) is 25.1 Å². The molecule has 0 aliphatic carbocycles. The molecule has 0 aromatic heterocycles. The Bertz CT molecular complexity index is 781. The summed E-state index contributed by atoms with van der Waals surface area (Å²) in [6.45, 7) is 5.50. The molecular weight excluding hydrogens is 401 g/mol. The van der Waals surface area contributed by atoms with Crippen LogP contribution in [0.1, 0.15) is 18.9 Å². The Labute approximate surface area is 173 Å². The van der Waals surface area contributed by atoms with Crippen molar-refractivity contribution >= 4 is 17.5 Å². The number of carbonyl (C=O) groups excluding carboxylic acids is 2. The maximum Gasteiger partial charge on any atom is 0.416 e. The van der Waals surface area contributed by atoms with Gasteiger partial charge in [0, 0.05) is 58.4 Å². The fraction of sp³-hybridized carbons (Fsp3) is 0.600. The minimum Gasteiger partial charge on any atom is -0.387 e. The zero-order valence-corrected chi connectivity index (χ0v) is 16.9. The van der Waals surface area contributed by atoms with Crippen LogP contribution in [0.25, 0.3) is 0 Å². The van der Waals surface area contributed by atoms with Crippen LogP contribution in [0.15, 0.2) is 24.3 Å². The maximum atomic E-state index is 12.8. The lowest BCUT2D eigenvalue weighted by Gasteiger charge is -2.38. The van der Waals surface area contributed by atoms with Gasteiger partial charge < -0.3 is 15.3 Å². The second-order valence-electron chi connectivity index (χ2n) is 8.09. The second-order valence-corrected chi connectivity index (χ2v) is 8.09. The van der Waals surface area contributed by atoms with Gasteiger partial charge in [-0.15, -0.1) is 0 Å². The third-order valence-electron chi connectivity index (χ3n) is 5.59. The topological polar surface area (TPSA) is 76.1 Å². The van der Waals surface area contributed by atoms with E-state index in [1.165, 1.54) is 12.1 Å². The molecule has 2 aliphatic heterocycles. The number of piperazine rings is 1. The largest absolute Gasteiger partial charge is 0.416 e. The van der Waals surface area contributed by atoms with Gasteiger partial charge in [-0.1, -0.05) is 6.07 Å². The number of anilines is 1. The third-order valence-corrected chi connectivity index (χ3v) is 5.59. The number of carbonyl (C=O) groups is 2. The molecule has 10 heteroatoms. The van der Waals surface area contributed by atoms with Gasteiger partial charge >= 0.3 is 6.18 Å². The summed E-state index contributed by atoms with van der Waals surface area (Å²) in [6.07, 6.45) is -3.96. The quantitative estimate of drug-likeness (QED) is 0.738. The fourth-order valence-corrected chi connectivity index (χ4v) is 4.02. The lowest BCUT2D eigenvalue weighted by molar-refractivity contribution is -0.137. The molecule has 166 valence electrons. The van der Waals surface area contributed by atoms with E-state index >= 15 is 0 Å². The minimum absolute atomic E-state index is 0.00330. The molecule has 7 nitrogen and oxygen atoms in total. The van der Waals surface area contributed by atoms with Crippen LogP contribution in [0.3, 0.4) is 0 Å². The molecule has 0 unspecified atom stereocenters. The van der Waals surface area contributed by atoms with Crippen molar-refractivity contribution in [2.24, 2.45) is 0 Å². The van der Waals surface area contributed by atoms with E-state index in [1.807, 2.05) is 0 Å². The van der Waals surface area contributed by atoms with Crippen LogP contribution in [-0.4, -0.2) is 89.6 Å². The first kappa shape index (κ1) is 22.5. The van der Waals surface area contributed by atoms with Crippen molar-refractivity contribution in [1.29, 1.82) is 0 Å². The number of aliphatic hydroxyl groups is 1. The predicted octanol–water partition coefficient (Wildman–Crippen LogP) is 1.24. The summed E-state index contributed by atoms with van der Waals surface area (Å²) in [5, 5.41) is 13.4. The van der Waals surface area contributed by atoms with E-state index in [0.717, 1.165) is 12.1 Å². The lowest BCUT2D eigenvalue weighted by atomic mass is 10.0. The molecule has 30 heavy (non-hydrogen) atoms. The zero-order chi connectivity index (χ0) is 21.9. The van der Waals surface area contributed by atoms with E-state index in [4.69, 9.17) is 0 Å². The molecule has 0 bridgehead atoms.